The number of carbonyl (C=O) groups excluding carboxylic acids is 1. The number of allylic oxidation sites excluding steroid dienone is 1. The van der Waals surface area contributed by atoms with Crippen LogP contribution in [0.2, 0.25) is 0 Å². The molecule has 0 atom stereocenters. The molecule has 4 nitrogen and oxygen atoms in total. The first-order valence-electron chi connectivity index (χ1n) is 4.11. The van der Waals surface area contributed by atoms with E-state index < -0.39 is 0 Å². The number of ketones is 1. The lowest BCUT2D eigenvalue weighted by Gasteiger charge is -2.04. The van der Waals surface area contributed by atoms with Gasteiger partial charge < -0.3 is 9.88 Å². The lowest BCUT2D eigenvalue weighted by Crippen LogP contribution is -2.09. The summed E-state index contributed by atoms with van der Waals surface area (Å²) in [6, 6.07) is 5.23. The van der Waals surface area contributed by atoms with E-state index >= 15 is 0 Å². The highest BCUT2D eigenvalue weighted by Crippen LogP contribution is 2.05. The van der Waals surface area contributed by atoms with Gasteiger partial charge in [0.25, 0.3) is 0 Å². The Morgan fingerprint density at radius 3 is 2.79 bits per heavy atom. The van der Waals surface area contributed by atoms with E-state index in [-0.39, 0.29) is 11.4 Å². The largest absolute Gasteiger partial charge is 0.382 e. The van der Waals surface area contributed by atoms with Crippen molar-refractivity contribution in [3.63, 3.8) is 0 Å². The van der Waals surface area contributed by atoms with Gasteiger partial charge in [0.15, 0.2) is 0 Å². The number of nitrogens with one attached hydrogen (secondary N) is 1. The maximum absolute atomic E-state index is 11.6. The molecule has 0 radical (unpaired) electrons. The topological polar surface area (TPSA) is 59.9 Å². The van der Waals surface area contributed by atoms with Gasteiger partial charge in [-0.1, -0.05) is 0 Å². The molecule has 0 fully saturated rings. The van der Waals surface area contributed by atoms with Crippen molar-refractivity contribution < 1.29 is 4.79 Å². The van der Waals surface area contributed by atoms with Crippen LogP contribution in [0, 0.1) is 11.3 Å². The Bertz CT molecular complexity index is 382. The van der Waals surface area contributed by atoms with E-state index in [2.05, 4.69) is 4.98 Å². The smallest absolute Gasteiger partial charge is 0.221 e. The summed E-state index contributed by atoms with van der Waals surface area (Å²) in [7, 11) is 3.53. The molecule has 0 aromatic carbocycles. The molecule has 1 heterocycles. The summed E-state index contributed by atoms with van der Waals surface area (Å²) in [5, 5.41) is 8.76. The number of nitriles is 1. The first-order chi connectivity index (χ1) is 6.65. The van der Waals surface area contributed by atoms with E-state index in [1.807, 2.05) is 6.07 Å². The Labute approximate surface area is 82.5 Å². The van der Waals surface area contributed by atoms with Gasteiger partial charge in [-0.15, -0.1) is 0 Å². The van der Waals surface area contributed by atoms with Gasteiger partial charge in [0.05, 0.1) is 5.69 Å². The van der Waals surface area contributed by atoms with Crippen molar-refractivity contribution >= 4 is 5.78 Å². The van der Waals surface area contributed by atoms with Gasteiger partial charge in [0.2, 0.25) is 5.78 Å². The number of aromatic amines is 1. The minimum atomic E-state index is -0.286. The second-order valence-electron chi connectivity index (χ2n) is 3.03. The molecule has 72 valence electrons. The van der Waals surface area contributed by atoms with Gasteiger partial charge in [-0.25, -0.2) is 0 Å². The molecule has 1 aromatic rings. The van der Waals surface area contributed by atoms with Crippen LogP contribution in [-0.2, 0) is 0 Å². The monoisotopic (exact) mass is 189 g/mol. The average molecular weight is 189 g/mol. The molecule has 0 saturated carbocycles. The quantitative estimate of drug-likeness (QED) is 0.441. The summed E-state index contributed by atoms with van der Waals surface area (Å²) >= 11 is 0. The molecule has 1 rings (SSSR count). The van der Waals surface area contributed by atoms with Crippen molar-refractivity contribution in [2.45, 2.75) is 0 Å². The normalized spacial score (nSPS) is 10.8. The Morgan fingerprint density at radius 2 is 2.36 bits per heavy atom. The molecule has 0 aliphatic carbocycles. The summed E-state index contributed by atoms with van der Waals surface area (Å²) in [5.74, 6) is -0.286. The highest BCUT2D eigenvalue weighted by Gasteiger charge is 2.12. The van der Waals surface area contributed by atoms with Gasteiger partial charge in [-0.3, -0.25) is 4.79 Å². The van der Waals surface area contributed by atoms with Crippen LogP contribution in [0.5, 0.6) is 0 Å². The molecule has 0 saturated heterocycles. The van der Waals surface area contributed by atoms with Crippen molar-refractivity contribution in [2.75, 3.05) is 14.1 Å². The van der Waals surface area contributed by atoms with Crippen LogP contribution < -0.4 is 0 Å². The maximum atomic E-state index is 11.6. The number of Topliss-reactive ketones (excluding diaryl/α,β-unsaturated/α-hetero) is 1. The summed E-state index contributed by atoms with van der Waals surface area (Å²) in [6.07, 6.45) is 3.15. The van der Waals surface area contributed by atoms with Gasteiger partial charge >= 0.3 is 0 Å². The second kappa shape index (κ2) is 4.28. The Hall–Kier alpha value is -2.02. The zero-order valence-electron chi connectivity index (χ0n) is 8.11. The standard InChI is InChI=1S/C10H11N3O/c1-13(2)7-8(6-11)10(14)9-4-3-5-12-9/h3-5,7,12H,1-2H3/b8-7-. The molecule has 1 N–H and O–H groups in total. The SMILES string of the molecule is CN(C)/C=C(/C#N)C(=O)c1ccc[nH]1. The number of H-pyrrole nitrogens is 1. The summed E-state index contributed by atoms with van der Waals surface area (Å²) in [4.78, 5) is 16.1. The Balaban J connectivity index is 2.94. The highest BCUT2D eigenvalue weighted by atomic mass is 16.1. The number of hydrogen-bond acceptors (Lipinski definition) is 3. The van der Waals surface area contributed by atoms with E-state index in [0.29, 0.717) is 5.69 Å². The summed E-state index contributed by atoms with van der Waals surface area (Å²) < 4.78 is 0. The minimum absolute atomic E-state index is 0.123. The number of rotatable bonds is 3. The fraction of sp³-hybridized carbons (Fsp3) is 0.200. The summed E-state index contributed by atoms with van der Waals surface area (Å²) in [6.45, 7) is 0. The average Bonchev–Trinajstić information content (AvgIpc) is 2.65. The number of carbonyl (C=O) groups is 1. The fourth-order valence-electron chi connectivity index (χ4n) is 1.01. The second-order valence-corrected chi connectivity index (χ2v) is 3.03. The molecular formula is C10H11N3O. The minimum Gasteiger partial charge on any atom is -0.382 e. The molecule has 0 spiro atoms. The molecule has 1 aromatic heterocycles. The van der Waals surface area contributed by atoms with Crippen molar-refractivity contribution in [3.05, 3.63) is 35.8 Å². The van der Waals surface area contributed by atoms with Gasteiger partial charge in [0, 0.05) is 26.5 Å². The van der Waals surface area contributed by atoms with E-state index in [4.69, 9.17) is 5.26 Å². The van der Waals surface area contributed by atoms with Crippen LogP contribution in [0.3, 0.4) is 0 Å². The van der Waals surface area contributed by atoms with Crippen molar-refractivity contribution in [2.24, 2.45) is 0 Å². The van der Waals surface area contributed by atoms with Gasteiger partial charge in [0.1, 0.15) is 11.6 Å². The van der Waals surface area contributed by atoms with Crippen LogP contribution in [0.15, 0.2) is 30.1 Å². The third-order valence-electron chi connectivity index (χ3n) is 1.59. The predicted octanol–water partition coefficient (Wildman–Crippen LogP) is 1.17. The number of aromatic nitrogens is 1. The molecule has 4 heteroatoms. The van der Waals surface area contributed by atoms with Crippen LogP contribution in [0.25, 0.3) is 0 Å². The number of nitrogens with zero attached hydrogens (tertiary/aromatic N) is 2. The van der Waals surface area contributed by atoms with Crippen LogP contribution in [-0.4, -0.2) is 29.8 Å². The van der Waals surface area contributed by atoms with Crippen LogP contribution in [0.1, 0.15) is 10.5 Å². The van der Waals surface area contributed by atoms with E-state index in [1.165, 1.54) is 6.20 Å². The summed E-state index contributed by atoms with van der Waals surface area (Å²) in [5.41, 5.74) is 0.553. The van der Waals surface area contributed by atoms with E-state index in [0.717, 1.165) is 0 Å². The van der Waals surface area contributed by atoms with E-state index in [1.54, 1.807) is 37.3 Å². The van der Waals surface area contributed by atoms with Crippen molar-refractivity contribution in [1.82, 2.24) is 9.88 Å². The maximum Gasteiger partial charge on any atom is 0.221 e. The molecule has 0 unspecified atom stereocenters. The fourth-order valence-corrected chi connectivity index (χ4v) is 1.01. The third-order valence-corrected chi connectivity index (χ3v) is 1.59. The first kappa shape index (κ1) is 10.1. The zero-order valence-corrected chi connectivity index (χ0v) is 8.11. The molecule has 0 bridgehead atoms. The highest BCUT2D eigenvalue weighted by molar-refractivity contribution is 6.10. The first-order valence-corrected chi connectivity index (χ1v) is 4.11. The number of hydrogen-bond donors (Lipinski definition) is 1. The van der Waals surface area contributed by atoms with Gasteiger partial charge in [-0.05, 0) is 12.1 Å². The Kier molecular flexibility index (Phi) is 3.08. The zero-order chi connectivity index (χ0) is 10.6. The molecule has 0 amide bonds. The molecule has 0 aliphatic heterocycles. The lowest BCUT2D eigenvalue weighted by molar-refractivity contribution is 0.103. The third kappa shape index (κ3) is 2.23. The Morgan fingerprint density at radius 1 is 1.64 bits per heavy atom. The molecule has 14 heavy (non-hydrogen) atoms. The molecule has 0 aliphatic rings. The van der Waals surface area contributed by atoms with E-state index in [9.17, 15) is 4.79 Å². The van der Waals surface area contributed by atoms with Crippen molar-refractivity contribution in [3.8, 4) is 6.07 Å². The van der Waals surface area contributed by atoms with Crippen LogP contribution >= 0.6 is 0 Å². The lowest BCUT2D eigenvalue weighted by atomic mass is 10.1. The predicted molar refractivity (Wildman–Crippen MR) is 52.5 cm³/mol. The van der Waals surface area contributed by atoms with Crippen LogP contribution in [0.4, 0.5) is 0 Å². The van der Waals surface area contributed by atoms with Crippen molar-refractivity contribution in [1.29, 1.82) is 5.26 Å². The van der Waals surface area contributed by atoms with Gasteiger partial charge in [-0.2, -0.15) is 5.26 Å². The molecular weight excluding hydrogens is 178 g/mol.